The minimum atomic E-state index is -5.05. The van der Waals surface area contributed by atoms with Gasteiger partial charge in [0.1, 0.15) is 0 Å². The summed E-state index contributed by atoms with van der Waals surface area (Å²) in [6.07, 6.45) is -5.05. The number of carbonyl (C=O) groups is 2. The van der Waals surface area contributed by atoms with Crippen LogP contribution in [-0.2, 0) is 19.6 Å². The number of anilines is 3. The number of halogens is 3. The van der Waals surface area contributed by atoms with E-state index >= 15 is 0 Å². The number of sulfonamides is 1. The van der Waals surface area contributed by atoms with Gasteiger partial charge < -0.3 is 5.32 Å². The van der Waals surface area contributed by atoms with Crippen molar-refractivity contribution in [2.45, 2.75) is 66.5 Å². The maximum absolute atomic E-state index is 13.2. The molecule has 0 saturated heterocycles. The number of aryl methyl sites for hydroxylation is 2. The third-order valence-electron chi connectivity index (χ3n) is 6.74. The largest absolute Gasteiger partial charge is 0.472 e. The molecule has 210 valence electrons. The Morgan fingerprint density at radius 1 is 0.842 bits per heavy atom. The number of hydrazine groups is 1. The lowest BCUT2D eigenvalue weighted by molar-refractivity contribution is -0.173. The van der Waals surface area contributed by atoms with Gasteiger partial charge >= 0.3 is 12.1 Å². The highest BCUT2D eigenvalue weighted by Crippen LogP contribution is 2.41. The van der Waals surface area contributed by atoms with E-state index in [1.807, 2.05) is 20.8 Å². The third kappa shape index (κ3) is 7.40. The Morgan fingerprint density at radius 3 is 1.87 bits per heavy atom. The van der Waals surface area contributed by atoms with E-state index in [0.717, 1.165) is 0 Å². The first kappa shape index (κ1) is 30.9. The number of hydrogen-bond acceptors (Lipinski definition) is 5. The molecule has 0 aliphatic carbocycles. The Hall–Kier alpha value is -3.28. The van der Waals surface area contributed by atoms with Crippen molar-refractivity contribution >= 4 is 38.9 Å². The molecule has 4 N–H and O–H groups in total. The average Bonchev–Trinajstić information content (AvgIpc) is 2.77. The summed E-state index contributed by atoms with van der Waals surface area (Å²) in [6, 6.07) is 8.30. The fourth-order valence-electron chi connectivity index (χ4n) is 3.85. The number of benzene rings is 2. The third-order valence-corrected chi connectivity index (χ3v) is 8.26. The molecular weight excluding hydrogens is 521 g/mol. The Labute approximate surface area is 221 Å². The fourth-order valence-corrected chi connectivity index (χ4v) is 5.16. The average molecular weight is 557 g/mol. The van der Waals surface area contributed by atoms with Crippen molar-refractivity contribution in [1.82, 2.24) is 5.43 Å². The van der Waals surface area contributed by atoms with Gasteiger partial charge in [-0.15, -0.1) is 0 Å². The molecule has 0 spiro atoms. The standard InChI is InChI=1S/C26H35F3N4O4S/c1-15-13-16(2)21(14-20(15)30-22(34)25(7,8)17(3)24(4,5)6)38(36,37)33-19-11-9-18(10-12-19)31-32-23(35)26(27,28)29/h9-14,17,31,33H,1-8H3,(H,30,34)(H,32,35). The van der Waals surface area contributed by atoms with Crippen molar-refractivity contribution in [2.75, 3.05) is 15.5 Å². The second-order valence-electron chi connectivity index (χ2n) is 11.0. The van der Waals surface area contributed by atoms with Gasteiger partial charge in [-0.1, -0.05) is 47.6 Å². The van der Waals surface area contributed by atoms with Crippen LogP contribution in [0.25, 0.3) is 0 Å². The molecule has 2 aromatic rings. The van der Waals surface area contributed by atoms with Crippen molar-refractivity contribution in [2.24, 2.45) is 16.7 Å². The SMILES string of the molecule is Cc1cc(C)c(S(=O)(=O)Nc2ccc(NNC(=O)C(F)(F)F)cc2)cc1NC(=O)C(C)(C)C(C)C(C)(C)C. The van der Waals surface area contributed by atoms with E-state index in [4.69, 9.17) is 0 Å². The van der Waals surface area contributed by atoms with E-state index in [1.165, 1.54) is 35.8 Å². The van der Waals surface area contributed by atoms with Crippen LogP contribution in [0.15, 0.2) is 41.3 Å². The zero-order chi connectivity index (χ0) is 29.3. The van der Waals surface area contributed by atoms with Gasteiger partial charge in [0.15, 0.2) is 0 Å². The zero-order valence-corrected chi connectivity index (χ0v) is 23.5. The van der Waals surface area contributed by atoms with Crippen LogP contribution in [-0.4, -0.2) is 26.4 Å². The molecule has 2 rings (SSSR count). The summed E-state index contributed by atoms with van der Waals surface area (Å²) in [4.78, 5) is 24.1. The smallest absolute Gasteiger partial charge is 0.325 e. The monoisotopic (exact) mass is 556 g/mol. The lowest BCUT2D eigenvalue weighted by atomic mass is 9.66. The van der Waals surface area contributed by atoms with Crippen molar-refractivity contribution in [3.05, 3.63) is 47.5 Å². The number of carbonyl (C=O) groups excluding carboxylic acids is 2. The van der Waals surface area contributed by atoms with Crippen LogP contribution in [0.4, 0.5) is 30.2 Å². The van der Waals surface area contributed by atoms with Gasteiger partial charge in [0.2, 0.25) is 5.91 Å². The molecule has 2 aromatic carbocycles. The summed E-state index contributed by atoms with van der Waals surface area (Å²) < 4.78 is 65.7. The molecule has 2 amide bonds. The highest BCUT2D eigenvalue weighted by atomic mass is 32.2. The fraction of sp³-hybridized carbons (Fsp3) is 0.462. The second kappa shape index (κ2) is 10.8. The van der Waals surface area contributed by atoms with Crippen molar-refractivity contribution in [3.8, 4) is 0 Å². The van der Waals surface area contributed by atoms with Gasteiger partial charge in [-0.25, -0.2) is 8.42 Å². The molecule has 0 heterocycles. The minimum absolute atomic E-state index is 0.0184. The number of nitrogens with one attached hydrogen (secondary N) is 4. The molecular formula is C26H35F3N4O4S. The van der Waals surface area contributed by atoms with Crippen LogP contribution in [0.2, 0.25) is 0 Å². The summed E-state index contributed by atoms with van der Waals surface area (Å²) >= 11 is 0. The molecule has 1 atom stereocenters. The molecule has 0 saturated carbocycles. The Bertz CT molecular complexity index is 1300. The normalized spacial score (nSPS) is 13.4. The molecule has 0 aliphatic heterocycles. The van der Waals surface area contributed by atoms with E-state index < -0.39 is 27.5 Å². The Balaban J connectivity index is 2.25. The topological polar surface area (TPSA) is 116 Å². The molecule has 1 unspecified atom stereocenters. The lowest BCUT2D eigenvalue weighted by Gasteiger charge is -2.39. The van der Waals surface area contributed by atoms with E-state index in [-0.39, 0.29) is 33.5 Å². The predicted molar refractivity (Wildman–Crippen MR) is 142 cm³/mol. The first-order valence-electron chi connectivity index (χ1n) is 11.8. The van der Waals surface area contributed by atoms with Gasteiger partial charge in [0.25, 0.3) is 10.0 Å². The van der Waals surface area contributed by atoms with E-state index in [9.17, 15) is 31.2 Å². The summed E-state index contributed by atoms with van der Waals surface area (Å²) in [7, 11) is -4.09. The van der Waals surface area contributed by atoms with Crippen LogP contribution in [0.1, 0.15) is 52.7 Å². The van der Waals surface area contributed by atoms with Crippen molar-refractivity contribution in [1.29, 1.82) is 0 Å². The highest BCUT2D eigenvalue weighted by Gasteiger charge is 2.40. The first-order valence-corrected chi connectivity index (χ1v) is 13.3. The molecule has 0 aliphatic rings. The molecule has 12 heteroatoms. The lowest BCUT2D eigenvalue weighted by Crippen LogP contribution is -2.42. The van der Waals surface area contributed by atoms with Crippen LogP contribution >= 0.6 is 0 Å². The summed E-state index contributed by atoms with van der Waals surface area (Å²) in [5.41, 5.74) is 4.53. The van der Waals surface area contributed by atoms with E-state index in [1.54, 1.807) is 19.9 Å². The van der Waals surface area contributed by atoms with Crippen LogP contribution in [0.5, 0.6) is 0 Å². The second-order valence-corrected chi connectivity index (χ2v) is 12.6. The maximum Gasteiger partial charge on any atom is 0.472 e. The number of rotatable bonds is 8. The van der Waals surface area contributed by atoms with Gasteiger partial charge in [0.05, 0.1) is 10.6 Å². The van der Waals surface area contributed by atoms with Gasteiger partial charge in [0, 0.05) is 16.8 Å². The van der Waals surface area contributed by atoms with Crippen LogP contribution in [0, 0.1) is 30.6 Å². The maximum atomic E-state index is 13.2. The molecule has 0 fully saturated rings. The summed E-state index contributed by atoms with van der Waals surface area (Å²) in [6.45, 7) is 15.3. The predicted octanol–water partition coefficient (Wildman–Crippen LogP) is 5.76. The van der Waals surface area contributed by atoms with Gasteiger partial charge in [-0.3, -0.25) is 25.2 Å². The van der Waals surface area contributed by atoms with E-state index in [2.05, 4.69) is 36.2 Å². The van der Waals surface area contributed by atoms with Crippen LogP contribution in [0.3, 0.4) is 0 Å². The number of alkyl halides is 3. The summed E-state index contributed by atoms with van der Waals surface area (Å²) in [5.74, 6) is -2.38. The van der Waals surface area contributed by atoms with E-state index in [0.29, 0.717) is 16.8 Å². The van der Waals surface area contributed by atoms with Crippen LogP contribution < -0.4 is 20.9 Å². The highest BCUT2D eigenvalue weighted by molar-refractivity contribution is 7.92. The first-order chi connectivity index (χ1) is 17.2. The van der Waals surface area contributed by atoms with Crippen molar-refractivity contribution in [3.63, 3.8) is 0 Å². The number of hydrogen-bond donors (Lipinski definition) is 4. The summed E-state index contributed by atoms with van der Waals surface area (Å²) in [5, 5.41) is 2.89. The molecule has 0 radical (unpaired) electrons. The van der Waals surface area contributed by atoms with Gasteiger partial charge in [-0.05, 0) is 66.6 Å². The van der Waals surface area contributed by atoms with Gasteiger partial charge in [-0.2, -0.15) is 13.2 Å². The Kier molecular flexibility index (Phi) is 8.82. The minimum Gasteiger partial charge on any atom is -0.325 e. The van der Waals surface area contributed by atoms with Crippen molar-refractivity contribution < 1.29 is 31.2 Å². The quantitative estimate of drug-likeness (QED) is 0.309. The molecule has 8 nitrogen and oxygen atoms in total. The molecule has 0 bridgehead atoms. The molecule has 38 heavy (non-hydrogen) atoms. The Morgan fingerprint density at radius 2 is 1.37 bits per heavy atom. The number of amides is 2. The zero-order valence-electron chi connectivity index (χ0n) is 22.7. The molecule has 0 aromatic heterocycles.